The first-order chi connectivity index (χ1) is 7.83. The highest BCUT2D eigenvalue weighted by molar-refractivity contribution is 6.10. The molecule has 2 heterocycles. The summed E-state index contributed by atoms with van der Waals surface area (Å²) in [6.45, 7) is 0.685. The maximum atomic E-state index is 12.1. The molecule has 1 aromatic heterocycles. The van der Waals surface area contributed by atoms with E-state index < -0.39 is 0 Å². The summed E-state index contributed by atoms with van der Waals surface area (Å²) in [7, 11) is 1.53. The van der Waals surface area contributed by atoms with Crippen LogP contribution < -0.4 is 4.74 Å². The number of allylic oxidation sites excluding steroid dienone is 1. The molecule has 0 saturated carbocycles. The Labute approximate surface area is 93.9 Å². The average Bonchev–Trinajstić information content (AvgIpc) is 2.39. The summed E-state index contributed by atoms with van der Waals surface area (Å²) in [5.41, 5.74) is 1.23. The number of pyridine rings is 1. The first-order valence-corrected chi connectivity index (χ1v) is 5.16. The van der Waals surface area contributed by atoms with Crippen molar-refractivity contribution in [2.75, 3.05) is 13.7 Å². The molecule has 4 heteroatoms. The zero-order valence-electron chi connectivity index (χ0n) is 9.10. The van der Waals surface area contributed by atoms with Crippen LogP contribution in [0.3, 0.4) is 0 Å². The quantitative estimate of drug-likeness (QED) is 0.729. The van der Waals surface area contributed by atoms with Gasteiger partial charge in [0.05, 0.1) is 31.7 Å². The van der Waals surface area contributed by atoms with Crippen LogP contribution in [-0.2, 0) is 4.74 Å². The van der Waals surface area contributed by atoms with Crippen molar-refractivity contribution < 1.29 is 14.3 Å². The van der Waals surface area contributed by atoms with E-state index in [1.807, 2.05) is 0 Å². The number of methoxy groups -OCH3 is 1. The fourth-order valence-electron chi connectivity index (χ4n) is 1.63. The van der Waals surface area contributed by atoms with Gasteiger partial charge >= 0.3 is 0 Å². The molecule has 0 aromatic carbocycles. The largest absolute Gasteiger partial charge is 0.501 e. The maximum Gasteiger partial charge on any atom is 0.195 e. The fourth-order valence-corrected chi connectivity index (χ4v) is 1.63. The number of ether oxygens (including phenoxy) is 2. The first-order valence-electron chi connectivity index (χ1n) is 5.16. The van der Waals surface area contributed by atoms with Crippen molar-refractivity contribution >= 4 is 5.78 Å². The summed E-state index contributed by atoms with van der Waals surface area (Å²) >= 11 is 0. The molecule has 0 aliphatic carbocycles. The predicted octanol–water partition coefficient (Wildman–Crippen LogP) is 1.97. The lowest BCUT2D eigenvalue weighted by Gasteiger charge is -2.13. The van der Waals surface area contributed by atoms with Gasteiger partial charge in [0.25, 0.3) is 0 Å². The summed E-state index contributed by atoms with van der Waals surface area (Å²) in [5, 5.41) is 0. The summed E-state index contributed by atoms with van der Waals surface area (Å²) in [4.78, 5) is 16.0. The number of carbonyl (C=O) groups excluding carboxylic acids is 1. The molecular weight excluding hydrogens is 206 g/mol. The van der Waals surface area contributed by atoms with E-state index in [-0.39, 0.29) is 5.78 Å². The number of aromatic nitrogens is 1. The summed E-state index contributed by atoms with van der Waals surface area (Å²) in [6, 6.07) is 1.66. The Bertz CT molecular complexity index is 426. The number of carbonyl (C=O) groups is 1. The van der Waals surface area contributed by atoms with E-state index in [2.05, 4.69) is 4.98 Å². The van der Waals surface area contributed by atoms with Crippen LogP contribution in [0.2, 0.25) is 0 Å². The second-order valence-electron chi connectivity index (χ2n) is 3.52. The lowest BCUT2D eigenvalue weighted by atomic mass is 10.00. The Morgan fingerprint density at radius 1 is 1.56 bits per heavy atom. The Hall–Kier alpha value is -1.84. The molecule has 0 spiro atoms. The molecule has 4 nitrogen and oxygen atoms in total. The zero-order chi connectivity index (χ0) is 11.4. The van der Waals surface area contributed by atoms with E-state index in [4.69, 9.17) is 9.47 Å². The number of rotatable bonds is 3. The van der Waals surface area contributed by atoms with Crippen molar-refractivity contribution in [2.45, 2.75) is 12.8 Å². The minimum Gasteiger partial charge on any atom is -0.501 e. The van der Waals surface area contributed by atoms with E-state index >= 15 is 0 Å². The zero-order valence-corrected chi connectivity index (χ0v) is 9.10. The monoisotopic (exact) mass is 219 g/mol. The van der Waals surface area contributed by atoms with Gasteiger partial charge in [0, 0.05) is 11.8 Å². The SMILES string of the molecule is COc1cnccc1C(=O)C1=COCCC1. The lowest BCUT2D eigenvalue weighted by Crippen LogP contribution is -2.10. The maximum absolute atomic E-state index is 12.1. The highest BCUT2D eigenvalue weighted by atomic mass is 16.5. The lowest BCUT2D eigenvalue weighted by molar-refractivity contribution is 0.101. The summed E-state index contributed by atoms with van der Waals surface area (Å²) in [6.07, 6.45) is 6.30. The number of hydrogen-bond acceptors (Lipinski definition) is 4. The summed E-state index contributed by atoms with van der Waals surface area (Å²) in [5.74, 6) is 0.456. The van der Waals surface area contributed by atoms with Gasteiger partial charge in [-0.3, -0.25) is 9.78 Å². The highest BCUT2D eigenvalue weighted by Gasteiger charge is 2.18. The molecule has 0 unspecified atom stereocenters. The average molecular weight is 219 g/mol. The topological polar surface area (TPSA) is 48.4 Å². The fraction of sp³-hybridized carbons (Fsp3) is 0.333. The molecule has 0 radical (unpaired) electrons. The molecule has 0 amide bonds. The van der Waals surface area contributed by atoms with Crippen LogP contribution in [0.5, 0.6) is 5.75 Å². The van der Waals surface area contributed by atoms with Gasteiger partial charge in [0.2, 0.25) is 0 Å². The second kappa shape index (κ2) is 4.79. The number of hydrogen-bond donors (Lipinski definition) is 0. The molecule has 1 aliphatic rings. The third-order valence-electron chi connectivity index (χ3n) is 2.47. The molecule has 0 bridgehead atoms. The van der Waals surface area contributed by atoms with Crippen molar-refractivity contribution in [1.82, 2.24) is 4.98 Å². The van der Waals surface area contributed by atoms with Gasteiger partial charge in [-0.2, -0.15) is 0 Å². The Morgan fingerprint density at radius 3 is 3.12 bits per heavy atom. The van der Waals surface area contributed by atoms with Crippen LogP contribution in [0.1, 0.15) is 23.2 Å². The standard InChI is InChI=1S/C12H13NO3/c1-15-11-7-13-5-4-10(11)12(14)9-3-2-6-16-8-9/h4-5,7-8H,2-3,6H2,1H3. The van der Waals surface area contributed by atoms with Crippen molar-refractivity contribution in [3.63, 3.8) is 0 Å². The predicted molar refractivity (Wildman–Crippen MR) is 58.4 cm³/mol. The number of Topliss-reactive ketones (excluding diaryl/α,β-unsaturated/α-hetero) is 1. The van der Waals surface area contributed by atoms with Gasteiger partial charge in [-0.15, -0.1) is 0 Å². The second-order valence-corrected chi connectivity index (χ2v) is 3.52. The van der Waals surface area contributed by atoms with Crippen molar-refractivity contribution in [2.24, 2.45) is 0 Å². The smallest absolute Gasteiger partial charge is 0.195 e. The van der Waals surface area contributed by atoms with Crippen molar-refractivity contribution in [3.8, 4) is 5.75 Å². The van der Waals surface area contributed by atoms with Gasteiger partial charge in [0.1, 0.15) is 5.75 Å². The minimum absolute atomic E-state index is 0.0426. The van der Waals surface area contributed by atoms with E-state index in [0.29, 0.717) is 23.5 Å². The van der Waals surface area contributed by atoms with Crippen molar-refractivity contribution in [3.05, 3.63) is 35.9 Å². The molecule has 84 valence electrons. The van der Waals surface area contributed by atoms with Gasteiger partial charge < -0.3 is 9.47 Å². The number of nitrogens with zero attached hydrogens (tertiary/aromatic N) is 1. The molecule has 0 N–H and O–H groups in total. The molecule has 0 fully saturated rings. The highest BCUT2D eigenvalue weighted by Crippen LogP contribution is 2.23. The first kappa shape index (κ1) is 10.7. The molecular formula is C12H13NO3. The Morgan fingerprint density at radius 2 is 2.44 bits per heavy atom. The Balaban J connectivity index is 2.29. The molecule has 2 rings (SSSR count). The Kier molecular flexibility index (Phi) is 3.19. The summed E-state index contributed by atoms with van der Waals surface area (Å²) < 4.78 is 10.3. The normalized spacial score (nSPS) is 14.9. The molecule has 0 saturated heterocycles. The van der Waals surface area contributed by atoms with Gasteiger partial charge in [-0.1, -0.05) is 0 Å². The van der Waals surface area contributed by atoms with Crippen LogP contribution >= 0.6 is 0 Å². The van der Waals surface area contributed by atoms with E-state index in [9.17, 15) is 4.79 Å². The van der Waals surface area contributed by atoms with Gasteiger partial charge in [0.15, 0.2) is 5.78 Å². The molecule has 1 aromatic rings. The number of ketones is 1. The van der Waals surface area contributed by atoms with Gasteiger partial charge in [-0.05, 0) is 18.9 Å². The third-order valence-corrected chi connectivity index (χ3v) is 2.47. The van der Waals surface area contributed by atoms with E-state index in [0.717, 1.165) is 12.8 Å². The third kappa shape index (κ3) is 2.05. The molecule has 1 aliphatic heterocycles. The van der Waals surface area contributed by atoms with E-state index in [1.54, 1.807) is 18.5 Å². The van der Waals surface area contributed by atoms with Crippen LogP contribution in [0.15, 0.2) is 30.3 Å². The van der Waals surface area contributed by atoms with Crippen LogP contribution in [0.25, 0.3) is 0 Å². The van der Waals surface area contributed by atoms with Crippen LogP contribution in [0, 0.1) is 0 Å². The van der Waals surface area contributed by atoms with Crippen LogP contribution in [-0.4, -0.2) is 24.5 Å². The van der Waals surface area contributed by atoms with E-state index in [1.165, 1.54) is 13.3 Å². The minimum atomic E-state index is -0.0426. The van der Waals surface area contributed by atoms with Crippen molar-refractivity contribution in [1.29, 1.82) is 0 Å². The van der Waals surface area contributed by atoms with Gasteiger partial charge in [-0.25, -0.2) is 0 Å². The molecule has 16 heavy (non-hydrogen) atoms. The van der Waals surface area contributed by atoms with Crippen LogP contribution in [0.4, 0.5) is 0 Å². The molecule has 0 atom stereocenters.